The van der Waals surface area contributed by atoms with Crippen molar-refractivity contribution in [3.63, 3.8) is 0 Å². The summed E-state index contributed by atoms with van der Waals surface area (Å²) in [6.07, 6.45) is -4.74. The minimum absolute atomic E-state index is 0.0814. The summed E-state index contributed by atoms with van der Waals surface area (Å²) in [5.41, 5.74) is 0.415. The Hall–Kier alpha value is -2.65. The average Bonchev–Trinajstić information content (AvgIpc) is 2.76. The lowest BCUT2D eigenvalue weighted by molar-refractivity contribution is -0.384. The number of halogens is 3. The topological polar surface area (TPSA) is 92.5 Å². The minimum atomic E-state index is -4.48. The maximum Gasteiger partial charge on any atom is 0.406 e. The van der Waals surface area contributed by atoms with Crippen LogP contribution in [0.5, 0.6) is 0 Å². The predicted octanol–water partition coefficient (Wildman–Crippen LogP) is 1.42. The lowest BCUT2D eigenvalue weighted by atomic mass is 10.1. The van der Waals surface area contributed by atoms with Crippen molar-refractivity contribution in [2.45, 2.75) is 25.1 Å². The van der Waals surface area contributed by atoms with Crippen LogP contribution in [0.1, 0.15) is 12.0 Å². The van der Waals surface area contributed by atoms with Gasteiger partial charge in [0, 0.05) is 25.1 Å². The molecule has 1 aromatic rings. The molecule has 0 saturated carbocycles. The molecule has 10 heteroatoms. The third-order valence-corrected chi connectivity index (χ3v) is 3.46. The van der Waals surface area contributed by atoms with Gasteiger partial charge in [-0.1, -0.05) is 12.1 Å². The van der Waals surface area contributed by atoms with Crippen LogP contribution in [-0.4, -0.2) is 46.9 Å². The second kappa shape index (κ2) is 6.85. The number of amides is 2. The number of carbonyl (C=O) groups is 2. The zero-order valence-electron chi connectivity index (χ0n) is 12.4. The van der Waals surface area contributed by atoms with Gasteiger partial charge in [0.05, 0.1) is 17.4 Å². The van der Waals surface area contributed by atoms with Gasteiger partial charge in [0.1, 0.15) is 6.54 Å². The van der Waals surface area contributed by atoms with E-state index in [0.29, 0.717) is 10.5 Å². The van der Waals surface area contributed by atoms with Crippen LogP contribution >= 0.6 is 0 Å². The highest BCUT2D eigenvalue weighted by atomic mass is 19.4. The van der Waals surface area contributed by atoms with Crippen LogP contribution in [0.4, 0.5) is 18.9 Å². The quantitative estimate of drug-likeness (QED) is 0.645. The normalized spacial score (nSPS) is 17.9. The van der Waals surface area contributed by atoms with Gasteiger partial charge in [-0.3, -0.25) is 19.7 Å². The van der Waals surface area contributed by atoms with Crippen molar-refractivity contribution in [2.24, 2.45) is 0 Å². The molecule has 24 heavy (non-hydrogen) atoms. The number of hydrogen-bond donors (Lipinski definition) is 1. The van der Waals surface area contributed by atoms with Crippen LogP contribution in [-0.2, 0) is 16.0 Å². The van der Waals surface area contributed by atoms with Crippen molar-refractivity contribution in [2.75, 3.05) is 13.1 Å². The van der Waals surface area contributed by atoms with Gasteiger partial charge in [0.15, 0.2) is 0 Å². The first kappa shape index (κ1) is 17.7. The van der Waals surface area contributed by atoms with Crippen molar-refractivity contribution >= 4 is 17.5 Å². The summed E-state index contributed by atoms with van der Waals surface area (Å²) in [5.74, 6) is -1.12. The molecule has 0 unspecified atom stereocenters. The summed E-state index contributed by atoms with van der Waals surface area (Å²) in [4.78, 5) is 34.0. The number of non-ortho nitro benzene ring substituents is 1. The van der Waals surface area contributed by atoms with Crippen molar-refractivity contribution < 1.29 is 27.7 Å². The van der Waals surface area contributed by atoms with Crippen LogP contribution in [0.3, 0.4) is 0 Å². The summed E-state index contributed by atoms with van der Waals surface area (Å²) in [5, 5.41) is 13.0. The summed E-state index contributed by atoms with van der Waals surface area (Å²) in [7, 11) is 0. The van der Waals surface area contributed by atoms with E-state index in [1.54, 1.807) is 0 Å². The largest absolute Gasteiger partial charge is 0.406 e. The Balaban J connectivity index is 1.86. The highest BCUT2D eigenvalue weighted by molar-refractivity contribution is 5.83. The molecule has 0 radical (unpaired) electrons. The molecule has 2 amide bonds. The van der Waals surface area contributed by atoms with Gasteiger partial charge < -0.3 is 10.2 Å². The second-order valence-electron chi connectivity index (χ2n) is 5.46. The molecule has 1 fully saturated rings. The van der Waals surface area contributed by atoms with Crippen molar-refractivity contribution in [1.82, 2.24) is 10.2 Å². The van der Waals surface area contributed by atoms with E-state index in [1.165, 1.54) is 24.3 Å². The Bertz CT molecular complexity index is 646. The van der Waals surface area contributed by atoms with E-state index < -0.39 is 35.5 Å². The molecular weight excluding hydrogens is 331 g/mol. The number of nitrogens with zero attached hydrogens (tertiary/aromatic N) is 2. The smallest absolute Gasteiger partial charge is 0.351 e. The van der Waals surface area contributed by atoms with Crippen LogP contribution in [0.25, 0.3) is 0 Å². The Morgan fingerprint density at radius 1 is 1.33 bits per heavy atom. The van der Waals surface area contributed by atoms with E-state index in [4.69, 9.17) is 0 Å². The van der Waals surface area contributed by atoms with Gasteiger partial charge in [0.2, 0.25) is 11.8 Å². The maximum absolute atomic E-state index is 12.3. The van der Waals surface area contributed by atoms with Crippen LogP contribution in [0.15, 0.2) is 24.3 Å². The molecule has 1 N–H and O–H groups in total. The number of nitro groups is 1. The molecule has 2 rings (SSSR count). The van der Waals surface area contributed by atoms with E-state index in [9.17, 15) is 32.9 Å². The average molecular weight is 345 g/mol. The van der Waals surface area contributed by atoms with Gasteiger partial charge in [-0.25, -0.2) is 0 Å². The number of alkyl halides is 3. The highest BCUT2D eigenvalue weighted by Gasteiger charge is 2.38. The second-order valence-corrected chi connectivity index (χ2v) is 5.46. The van der Waals surface area contributed by atoms with Crippen LogP contribution in [0, 0.1) is 10.1 Å². The number of rotatable bonds is 5. The Kier molecular flexibility index (Phi) is 5.05. The summed E-state index contributed by atoms with van der Waals surface area (Å²) in [6.45, 7) is -1.52. The predicted molar refractivity (Wildman–Crippen MR) is 76.0 cm³/mol. The van der Waals surface area contributed by atoms with E-state index in [-0.39, 0.29) is 25.1 Å². The number of nitro benzene ring substituents is 1. The molecule has 0 spiro atoms. The molecule has 1 saturated heterocycles. The maximum atomic E-state index is 12.3. The number of nitrogens with one attached hydrogen (secondary N) is 1. The fourth-order valence-corrected chi connectivity index (χ4v) is 2.44. The molecule has 0 aromatic heterocycles. The summed E-state index contributed by atoms with van der Waals surface area (Å²) < 4.78 is 37.0. The Morgan fingerprint density at radius 2 is 1.96 bits per heavy atom. The number of carbonyl (C=O) groups excluding carboxylic acids is 2. The summed E-state index contributed by atoms with van der Waals surface area (Å²) >= 11 is 0. The molecular formula is C14H14F3N3O4. The molecule has 7 nitrogen and oxygen atoms in total. The number of benzene rings is 1. The van der Waals surface area contributed by atoms with Crippen LogP contribution < -0.4 is 5.32 Å². The van der Waals surface area contributed by atoms with E-state index in [0.717, 1.165) is 0 Å². The highest BCUT2D eigenvalue weighted by Crippen LogP contribution is 2.21. The lowest BCUT2D eigenvalue weighted by Crippen LogP contribution is -2.40. The third kappa shape index (κ3) is 4.93. The first-order valence-corrected chi connectivity index (χ1v) is 7.01. The zero-order valence-corrected chi connectivity index (χ0v) is 12.4. The van der Waals surface area contributed by atoms with Crippen molar-refractivity contribution in [3.8, 4) is 0 Å². The first-order valence-electron chi connectivity index (χ1n) is 7.01. The molecule has 1 heterocycles. The van der Waals surface area contributed by atoms with Gasteiger partial charge in [-0.05, 0) is 5.56 Å². The Labute approximate surface area is 134 Å². The molecule has 1 aromatic carbocycles. The van der Waals surface area contributed by atoms with Gasteiger partial charge in [-0.2, -0.15) is 13.2 Å². The standard InChI is InChI=1S/C14H14F3N3O4/c15-14(16,17)8-19-7-10(6-13(19)22)18-12(21)5-9-1-3-11(4-2-9)20(23)24/h1-4,10H,5-8H2,(H,18,21)/t10-/m1/s1. The molecule has 1 atom stereocenters. The van der Waals surface area contributed by atoms with Gasteiger partial charge in [0.25, 0.3) is 5.69 Å². The van der Waals surface area contributed by atoms with Crippen LogP contribution in [0.2, 0.25) is 0 Å². The van der Waals surface area contributed by atoms with E-state index in [2.05, 4.69) is 5.32 Å². The van der Waals surface area contributed by atoms with Gasteiger partial charge >= 0.3 is 6.18 Å². The van der Waals surface area contributed by atoms with Crippen molar-refractivity contribution in [3.05, 3.63) is 39.9 Å². The third-order valence-electron chi connectivity index (χ3n) is 3.46. The molecule has 0 bridgehead atoms. The zero-order chi connectivity index (χ0) is 17.9. The van der Waals surface area contributed by atoms with E-state index >= 15 is 0 Å². The fourth-order valence-electron chi connectivity index (χ4n) is 2.44. The Morgan fingerprint density at radius 3 is 2.50 bits per heavy atom. The van der Waals surface area contributed by atoms with Crippen molar-refractivity contribution in [1.29, 1.82) is 0 Å². The fraction of sp³-hybridized carbons (Fsp3) is 0.429. The lowest BCUT2D eigenvalue weighted by Gasteiger charge is -2.18. The number of likely N-dealkylation sites (tertiary alicyclic amines) is 1. The molecule has 0 aliphatic carbocycles. The van der Waals surface area contributed by atoms with Gasteiger partial charge in [-0.15, -0.1) is 0 Å². The molecule has 1 aliphatic heterocycles. The molecule has 130 valence electrons. The summed E-state index contributed by atoms with van der Waals surface area (Å²) in [6, 6.07) is 4.69. The van der Waals surface area contributed by atoms with E-state index in [1.807, 2.05) is 0 Å². The monoisotopic (exact) mass is 345 g/mol. The SMILES string of the molecule is O=C(Cc1ccc([N+](=O)[O-])cc1)N[C@@H]1CC(=O)N(CC(F)(F)F)C1. The minimum Gasteiger partial charge on any atom is -0.351 e. The number of hydrogen-bond acceptors (Lipinski definition) is 4. The molecule has 1 aliphatic rings. The first-order chi connectivity index (χ1) is 11.1.